The van der Waals surface area contributed by atoms with Crippen LogP contribution in [0.4, 0.5) is 0 Å². The van der Waals surface area contributed by atoms with Gasteiger partial charge in [-0.15, -0.1) is 0 Å². The van der Waals surface area contributed by atoms with Crippen LogP contribution < -0.4 is 5.32 Å². The van der Waals surface area contributed by atoms with E-state index in [2.05, 4.69) is 29.6 Å². The fourth-order valence-electron chi connectivity index (χ4n) is 4.30. The molecule has 1 aromatic carbocycles. The number of rotatable bonds is 1. The molecule has 3 heteroatoms. The molecule has 1 fully saturated rings. The van der Waals surface area contributed by atoms with Gasteiger partial charge in [-0.1, -0.05) is 36.4 Å². The van der Waals surface area contributed by atoms with Crippen LogP contribution in [0.5, 0.6) is 0 Å². The van der Waals surface area contributed by atoms with Gasteiger partial charge < -0.3 is 15.5 Å². The monoisotopic (exact) mass is 295 g/mol. The predicted octanol–water partition coefficient (Wildman–Crippen LogP) is 3.59. The summed E-state index contributed by atoms with van der Waals surface area (Å²) in [6.45, 7) is 1.93. The standard InChI is InChI=1S/C19H21NO2/c21-18-7-6-13-16(19(18)22)10-15(12-4-2-1-3-5-12)14-8-9-20-11-17(13)14/h1-7,14-16,20-22H,8-11H2. The van der Waals surface area contributed by atoms with Crippen molar-refractivity contribution >= 4 is 0 Å². The van der Waals surface area contributed by atoms with Crippen LogP contribution in [0.15, 0.2) is 65.1 Å². The first-order valence-corrected chi connectivity index (χ1v) is 8.04. The first kappa shape index (κ1) is 13.6. The van der Waals surface area contributed by atoms with Crippen LogP contribution in [0.3, 0.4) is 0 Å². The Balaban J connectivity index is 1.81. The average Bonchev–Trinajstić information content (AvgIpc) is 2.58. The van der Waals surface area contributed by atoms with E-state index in [9.17, 15) is 10.2 Å². The molecule has 0 saturated carbocycles. The van der Waals surface area contributed by atoms with Crippen LogP contribution in [-0.4, -0.2) is 23.3 Å². The zero-order valence-electron chi connectivity index (χ0n) is 12.5. The first-order valence-electron chi connectivity index (χ1n) is 8.04. The molecule has 1 aliphatic heterocycles. The second-order valence-electron chi connectivity index (χ2n) is 6.46. The van der Waals surface area contributed by atoms with Crippen LogP contribution in [-0.2, 0) is 0 Å². The third-order valence-corrected chi connectivity index (χ3v) is 5.36. The fourth-order valence-corrected chi connectivity index (χ4v) is 4.30. The topological polar surface area (TPSA) is 52.5 Å². The highest BCUT2D eigenvalue weighted by Crippen LogP contribution is 2.49. The number of nitrogens with one attached hydrogen (secondary N) is 1. The van der Waals surface area contributed by atoms with Gasteiger partial charge in [0.2, 0.25) is 0 Å². The van der Waals surface area contributed by atoms with Gasteiger partial charge in [0.05, 0.1) is 0 Å². The third kappa shape index (κ3) is 2.08. The molecule has 4 rings (SSSR count). The second kappa shape index (κ2) is 5.33. The molecule has 0 spiro atoms. The highest BCUT2D eigenvalue weighted by Gasteiger charge is 2.40. The molecule has 0 bridgehead atoms. The summed E-state index contributed by atoms with van der Waals surface area (Å²) in [7, 11) is 0. The molecule has 0 radical (unpaired) electrons. The van der Waals surface area contributed by atoms with Gasteiger partial charge in [0.1, 0.15) is 5.76 Å². The maximum absolute atomic E-state index is 10.4. The van der Waals surface area contributed by atoms with E-state index >= 15 is 0 Å². The van der Waals surface area contributed by atoms with Crippen LogP contribution in [0.1, 0.15) is 24.3 Å². The van der Waals surface area contributed by atoms with E-state index in [1.165, 1.54) is 16.7 Å². The minimum absolute atomic E-state index is 0.0170. The van der Waals surface area contributed by atoms with Crippen molar-refractivity contribution in [3.63, 3.8) is 0 Å². The summed E-state index contributed by atoms with van der Waals surface area (Å²) < 4.78 is 0. The average molecular weight is 295 g/mol. The van der Waals surface area contributed by atoms with Gasteiger partial charge >= 0.3 is 0 Å². The van der Waals surface area contributed by atoms with Crippen molar-refractivity contribution < 1.29 is 10.2 Å². The number of hydrogen-bond acceptors (Lipinski definition) is 3. The van der Waals surface area contributed by atoms with E-state index < -0.39 is 0 Å². The Kier molecular flexibility index (Phi) is 3.30. The fraction of sp³-hybridized carbons (Fsp3) is 0.368. The maximum Gasteiger partial charge on any atom is 0.153 e. The zero-order chi connectivity index (χ0) is 15.1. The number of fused-ring (bicyclic) bond motifs is 2. The number of piperidine rings is 1. The van der Waals surface area contributed by atoms with Crippen LogP contribution in [0.25, 0.3) is 0 Å². The van der Waals surface area contributed by atoms with Gasteiger partial charge in [-0.05, 0) is 54.0 Å². The largest absolute Gasteiger partial charge is 0.508 e. The lowest BCUT2D eigenvalue weighted by molar-refractivity contribution is 0.249. The molecule has 2 aliphatic carbocycles. The van der Waals surface area contributed by atoms with Gasteiger partial charge in [-0.2, -0.15) is 0 Å². The predicted molar refractivity (Wildman–Crippen MR) is 86.7 cm³/mol. The molecule has 0 amide bonds. The van der Waals surface area contributed by atoms with E-state index in [1.807, 2.05) is 12.1 Å². The van der Waals surface area contributed by atoms with E-state index in [1.54, 1.807) is 6.08 Å². The highest BCUT2D eigenvalue weighted by atomic mass is 16.3. The molecular weight excluding hydrogens is 274 g/mol. The molecule has 3 atom stereocenters. The van der Waals surface area contributed by atoms with Crippen molar-refractivity contribution in [1.82, 2.24) is 5.32 Å². The lowest BCUT2D eigenvalue weighted by atomic mass is 9.64. The number of benzene rings is 1. The Labute approximate surface area is 130 Å². The van der Waals surface area contributed by atoms with Gasteiger partial charge in [0, 0.05) is 12.5 Å². The maximum atomic E-state index is 10.4. The summed E-state index contributed by atoms with van der Waals surface area (Å²) in [4.78, 5) is 0. The summed E-state index contributed by atoms with van der Waals surface area (Å²) >= 11 is 0. The number of aliphatic hydroxyl groups excluding tert-OH is 2. The highest BCUT2D eigenvalue weighted by molar-refractivity contribution is 5.46. The quantitative estimate of drug-likeness (QED) is 0.742. The minimum atomic E-state index is -0.0682. The lowest BCUT2D eigenvalue weighted by Gasteiger charge is -2.42. The molecule has 3 unspecified atom stereocenters. The van der Waals surface area contributed by atoms with Crippen LogP contribution in [0, 0.1) is 11.8 Å². The smallest absolute Gasteiger partial charge is 0.153 e. The Hall–Kier alpha value is -2.00. The van der Waals surface area contributed by atoms with Gasteiger partial charge in [-0.3, -0.25) is 0 Å². The number of hydrogen-bond donors (Lipinski definition) is 3. The SMILES string of the molecule is OC1=C(O)C2CC(c3ccccc3)C3CCNCC3=C2C=C1. The molecule has 1 saturated heterocycles. The van der Waals surface area contributed by atoms with Gasteiger partial charge in [-0.25, -0.2) is 0 Å². The van der Waals surface area contributed by atoms with E-state index in [0.29, 0.717) is 11.8 Å². The molecule has 3 aliphatic rings. The molecule has 0 aromatic heterocycles. The summed E-state index contributed by atoms with van der Waals surface area (Å²) in [5.41, 5.74) is 3.96. The Bertz CT molecular complexity index is 672. The molecule has 114 valence electrons. The lowest BCUT2D eigenvalue weighted by Crippen LogP contribution is -2.39. The van der Waals surface area contributed by atoms with Crippen molar-refractivity contribution in [2.75, 3.05) is 13.1 Å². The summed E-state index contributed by atoms with van der Waals surface area (Å²) in [5, 5.41) is 23.7. The number of aliphatic hydroxyl groups is 2. The van der Waals surface area contributed by atoms with E-state index in [0.717, 1.165) is 25.9 Å². The Morgan fingerprint density at radius 2 is 1.82 bits per heavy atom. The minimum Gasteiger partial charge on any atom is -0.508 e. The second-order valence-corrected chi connectivity index (χ2v) is 6.46. The summed E-state index contributed by atoms with van der Waals surface area (Å²) in [6, 6.07) is 10.6. The Morgan fingerprint density at radius 3 is 2.64 bits per heavy atom. The molecular formula is C19H21NO2. The van der Waals surface area contributed by atoms with E-state index in [-0.39, 0.29) is 17.4 Å². The molecule has 22 heavy (non-hydrogen) atoms. The molecule has 1 aromatic rings. The van der Waals surface area contributed by atoms with Crippen molar-refractivity contribution in [2.45, 2.75) is 18.8 Å². The van der Waals surface area contributed by atoms with Crippen molar-refractivity contribution in [3.05, 3.63) is 70.7 Å². The van der Waals surface area contributed by atoms with Gasteiger partial charge in [0.15, 0.2) is 5.76 Å². The first-order chi connectivity index (χ1) is 10.8. The number of allylic oxidation sites excluding steroid dienone is 3. The van der Waals surface area contributed by atoms with E-state index in [4.69, 9.17) is 0 Å². The summed E-state index contributed by atoms with van der Waals surface area (Å²) in [5.74, 6) is 1.03. The Morgan fingerprint density at radius 1 is 1.00 bits per heavy atom. The van der Waals surface area contributed by atoms with Crippen LogP contribution >= 0.6 is 0 Å². The molecule has 1 heterocycles. The van der Waals surface area contributed by atoms with Crippen molar-refractivity contribution in [1.29, 1.82) is 0 Å². The molecule has 3 nitrogen and oxygen atoms in total. The summed E-state index contributed by atoms with van der Waals surface area (Å²) in [6.07, 6.45) is 5.63. The molecule has 3 N–H and O–H groups in total. The normalized spacial score (nSPS) is 31.0. The zero-order valence-corrected chi connectivity index (χ0v) is 12.5. The van der Waals surface area contributed by atoms with Crippen molar-refractivity contribution in [2.24, 2.45) is 11.8 Å². The van der Waals surface area contributed by atoms with Gasteiger partial charge in [0.25, 0.3) is 0 Å². The van der Waals surface area contributed by atoms with Crippen LogP contribution in [0.2, 0.25) is 0 Å². The third-order valence-electron chi connectivity index (χ3n) is 5.36. The van der Waals surface area contributed by atoms with Crippen molar-refractivity contribution in [3.8, 4) is 0 Å².